The molecule has 1 saturated heterocycles. The van der Waals surface area contributed by atoms with Crippen LogP contribution in [0.3, 0.4) is 0 Å². The van der Waals surface area contributed by atoms with Crippen LogP contribution in [0.2, 0.25) is 0 Å². The number of nitrogens with one attached hydrogen (secondary N) is 1. The van der Waals surface area contributed by atoms with Crippen molar-refractivity contribution >= 4 is 0 Å². The van der Waals surface area contributed by atoms with Crippen LogP contribution in [-0.4, -0.2) is 32.9 Å². The van der Waals surface area contributed by atoms with Crippen molar-refractivity contribution in [3.63, 3.8) is 0 Å². The molecule has 0 aromatic carbocycles. The number of H-pyrrole nitrogens is 1. The number of aromatic amines is 1. The van der Waals surface area contributed by atoms with Gasteiger partial charge in [0.2, 0.25) is 0 Å². The number of pyridine rings is 1. The number of aromatic nitrogens is 3. The molecular weight excluding hydrogens is 316 g/mol. The van der Waals surface area contributed by atoms with E-state index in [-0.39, 0.29) is 11.5 Å². The summed E-state index contributed by atoms with van der Waals surface area (Å²) >= 11 is 0. The molecule has 0 spiro atoms. The summed E-state index contributed by atoms with van der Waals surface area (Å²) in [6, 6.07) is 7.34. The van der Waals surface area contributed by atoms with E-state index in [0.717, 1.165) is 43.7 Å². The molecule has 4 rings (SSSR count). The van der Waals surface area contributed by atoms with Crippen LogP contribution < -0.4 is 5.56 Å². The Kier molecular flexibility index (Phi) is 4.43. The summed E-state index contributed by atoms with van der Waals surface area (Å²) in [5.74, 6) is 0.875. The molecular formula is C19H20N4O2. The van der Waals surface area contributed by atoms with Crippen molar-refractivity contribution in [1.29, 1.82) is 0 Å². The highest BCUT2D eigenvalue weighted by Gasteiger charge is 2.23. The molecule has 1 aliphatic heterocycles. The van der Waals surface area contributed by atoms with Gasteiger partial charge in [-0.05, 0) is 37.6 Å². The van der Waals surface area contributed by atoms with Gasteiger partial charge in [-0.2, -0.15) is 0 Å². The van der Waals surface area contributed by atoms with E-state index >= 15 is 0 Å². The van der Waals surface area contributed by atoms with Gasteiger partial charge in [-0.15, -0.1) is 0 Å². The fourth-order valence-corrected chi connectivity index (χ4v) is 3.41. The predicted molar refractivity (Wildman–Crippen MR) is 94.0 cm³/mol. The molecule has 25 heavy (non-hydrogen) atoms. The Morgan fingerprint density at radius 1 is 1.28 bits per heavy atom. The average molecular weight is 336 g/mol. The molecule has 0 aliphatic carbocycles. The van der Waals surface area contributed by atoms with Crippen molar-refractivity contribution in [2.75, 3.05) is 13.1 Å². The van der Waals surface area contributed by atoms with Gasteiger partial charge in [0.05, 0.1) is 18.2 Å². The Labute approximate surface area is 145 Å². The van der Waals surface area contributed by atoms with E-state index in [9.17, 15) is 4.79 Å². The van der Waals surface area contributed by atoms with E-state index in [1.165, 1.54) is 5.56 Å². The average Bonchev–Trinajstić information content (AvgIpc) is 3.15. The largest absolute Gasteiger partial charge is 0.472 e. The number of hydrogen-bond donors (Lipinski definition) is 1. The third-order valence-corrected chi connectivity index (χ3v) is 4.63. The molecule has 3 aromatic heterocycles. The van der Waals surface area contributed by atoms with E-state index in [1.807, 2.05) is 18.2 Å². The second-order valence-electron chi connectivity index (χ2n) is 6.46. The number of rotatable bonds is 4. The molecule has 128 valence electrons. The maximum atomic E-state index is 12.1. The summed E-state index contributed by atoms with van der Waals surface area (Å²) in [7, 11) is 0. The fraction of sp³-hybridized carbons (Fsp3) is 0.316. The summed E-state index contributed by atoms with van der Waals surface area (Å²) < 4.78 is 5.16. The third-order valence-electron chi connectivity index (χ3n) is 4.63. The molecule has 0 radical (unpaired) electrons. The van der Waals surface area contributed by atoms with E-state index < -0.39 is 0 Å². The summed E-state index contributed by atoms with van der Waals surface area (Å²) in [6.45, 7) is 2.83. The van der Waals surface area contributed by atoms with E-state index in [2.05, 4.69) is 14.9 Å². The number of nitrogens with zero attached hydrogens (tertiary/aromatic N) is 3. The van der Waals surface area contributed by atoms with Crippen molar-refractivity contribution in [1.82, 2.24) is 19.9 Å². The maximum Gasteiger partial charge on any atom is 0.251 e. The van der Waals surface area contributed by atoms with Gasteiger partial charge >= 0.3 is 0 Å². The Morgan fingerprint density at radius 3 is 2.96 bits per heavy atom. The molecule has 0 amide bonds. The molecule has 1 unspecified atom stereocenters. The van der Waals surface area contributed by atoms with Gasteiger partial charge in [0.25, 0.3) is 5.56 Å². The van der Waals surface area contributed by atoms with Gasteiger partial charge in [-0.1, -0.05) is 0 Å². The molecule has 0 saturated carbocycles. The van der Waals surface area contributed by atoms with E-state index in [1.54, 1.807) is 31.0 Å². The Balaban J connectivity index is 1.56. The van der Waals surface area contributed by atoms with Crippen LogP contribution >= 0.6 is 0 Å². The first-order valence-corrected chi connectivity index (χ1v) is 8.53. The molecule has 1 aliphatic rings. The first kappa shape index (κ1) is 15.8. The molecule has 3 aromatic rings. The minimum Gasteiger partial charge on any atom is -0.472 e. The van der Waals surface area contributed by atoms with Crippen molar-refractivity contribution in [2.24, 2.45) is 0 Å². The molecule has 1 fully saturated rings. The van der Waals surface area contributed by atoms with Crippen molar-refractivity contribution < 1.29 is 4.42 Å². The summed E-state index contributed by atoms with van der Waals surface area (Å²) in [5, 5.41) is 0. The van der Waals surface area contributed by atoms with E-state index in [4.69, 9.17) is 9.40 Å². The number of piperidine rings is 1. The Bertz CT molecular complexity index is 874. The van der Waals surface area contributed by atoms with Gasteiger partial charge in [-0.3, -0.25) is 14.7 Å². The SMILES string of the molecule is O=c1cc(C2CCCN(Cc3ccoc3)C2)nc(-c2ccncc2)[nH]1. The Hall–Kier alpha value is -2.73. The van der Waals surface area contributed by atoms with Crippen LogP contribution in [0.1, 0.15) is 30.0 Å². The van der Waals surface area contributed by atoms with Crippen LogP contribution in [-0.2, 0) is 6.54 Å². The van der Waals surface area contributed by atoms with Crippen molar-refractivity contribution in [2.45, 2.75) is 25.3 Å². The second kappa shape index (κ2) is 7.03. The quantitative estimate of drug-likeness (QED) is 0.793. The smallest absolute Gasteiger partial charge is 0.251 e. The summed E-state index contributed by atoms with van der Waals surface area (Å²) in [4.78, 5) is 26.1. The van der Waals surface area contributed by atoms with Crippen molar-refractivity contribution in [3.8, 4) is 11.4 Å². The van der Waals surface area contributed by atoms with E-state index in [0.29, 0.717) is 5.82 Å². The molecule has 4 heterocycles. The predicted octanol–water partition coefficient (Wildman–Crippen LogP) is 2.80. The van der Waals surface area contributed by atoms with Gasteiger partial charge < -0.3 is 9.40 Å². The van der Waals surface area contributed by atoms with Gasteiger partial charge in [0.1, 0.15) is 5.82 Å². The fourth-order valence-electron chi connectivity index (χ4n) is 3.41. The van der Waals surface area contributed by atoms with Crippen LogP contribution in [0, 0.1) is 0 Å². The van der Waals surface area contributed by atoms with Crippen molar-refractivity contribution in [3.05, 3.63) is 70.8 Å². The number of likely N-dealkylation sites (tertiary alicyclic amines) is 1. The topological polar surface area (TPSA) is 75.0 Å². The standard InChI is InChI=1S/C19H20N4O2/c24-18-10-17(21-19(22-18)15-3-6-20-7-4-15)16-2-1-8-23(12-16)11-14-5-9-25-13-14/h3-7,9-10,13,16H,1-2,8,11-12H2,(H,21,22,24). The summed E-state index contributed by atoms with van der Waals surface area (Å²) in [6.07, 6.45) is 9.05. The second-order valence-corrected chi connectivity index (χ2v) is 6.46. The lowest BCUT2D eigenvalue weighted by Crippen LogP contribution is -2.34. The molecule has 0 bridgehead atoms. The van der Waals surface area contributed by atoms with Gasteiger partial charge in [0, 0.05) is 48.6 Å². The Morgan fingerprint density at radius 2 is 2.16 bits per heavy atom. The minimum atomic E-state index is -0.108. The summed E-state index contributed by atoms with van der Waals surface area (Å²) in [5.41, 5.74) is 2.81. The molecule has 1 N–H and O–H groups in total. The lowest BCUT2D eigenvalue weighted by molar-refractivity contribution is 0.198. The normalized spacial score (nSPS) is 18.3. The highest BCUT2D eigenvalue weighted by molar-refractivity contribution is 5.53. The third kappa shape index (κ3) is 3.69. The van der Waals surface area contributed by atoms with Crippen LogP contribution in [0.5, 0.6) is 0 Å². The first-order chi connectivity index (χ1) is 12.3. The molecule has 6 heteroatoms. The van der Waals surface area contributed by atoms with Crippen LogP contribution in [0.25, 0.3) is 11.4 Å². The van der Waals surface area contributed by atoms with Gasteiger partial charge in [0.15, 0.2) is 0 Å². The highest BCUT2D eigenvalue weighted by atomic mass is 16.3. The lowest BCUT2D eigenvalue weighted by Gasteiger charge is -2.32. The lowest BCUT2D eigenvalue weighted by atomic mass is 9.94. The number of hydrogen-bond acceptors (Lipinski definition) is 5. The zero-order valence-electron chi connectivity index (χ0n) is 13.9. The number of furan rings is 1. The first-order valence-electron chi connectivity index (χ1n) is 8.53. The maximum absolute atomic E-state index is 12.1. The molecule has 1 atom stereocenters. The zero-order chi connectivity index (χ0) is 17.1. The monoisotopic (exact) mass is 336 g/mol. The van der Waals surface area contributed by atoms with Gasteiger partial charge in [-0.25, -0.2) is 4.98 Å². The minimum absolute atomic E-state index is 0.108. The molecule has 6 nitrogen and oxygen atoms in total. The van der Waals surface area contributed by atoms with Crippen LogP contribution in [0.15, 0.2) is 58.4 Å². The van der Waals surface area contributed by atoms with Crippen LogP contribution in [0.4, 0.5) is 0 Å². The zero-order valence-corrected chi connectivity index (χ0v) is 13.9. The highest BCUT2D eigenvalue weighted by Crippen LogP contribution is 2.27.